The van der Waals surface area contributed by atoms with Crippen LogP contribution in [0.25, 0.3) is 0 Å². The highest BCUT2D eigenvalue weighted by molar-refractivity contribution is 5.85. The highest BCUT2D eigenvalue weighted by Gasteiger charge is 2.34. The Kier molecular flexibility index (Phi) is 2.85. The molecule has 4 heteroatoms. The molecule has 2 aliphatic heterocycles. The summed E-state index contributed by atoms with van der Waals surface area (Å²) in [6.07, 6.45) is 1.05. The van der Waals surface area contributed by atoms with Gasteiger partial charge in [-0.3, -0.25) is 0 Å². The molecule has 3 rings (SSSR count). The summed E-state index contributed by atoms with van der Waals surface area (Å²) in [7, 11) is 0. The molecule has 0 amide bonds. The van der Waals surface area contributed by atoms with E-state index < -0.39 is 0 Å². The van der Waals surface area contributed by atoms with Crippen molar-refractivity contribution in [1.29, 1.82) is 0 Å². The second-order valence-corrected chi connectivity index (χ2v) is 4.00. The first-order valence-electron chi connectivity index (χ1n) is 4.99. The van der Waals surface area contributed by atoms with Gasteiger partial charge in [-0.15, -0.1) is 12.4 Å². The van der Waals surface area contributed by atoms with E-state index >= 15 is 0 Å². The molecule has 0 aromatic heterocycles. The molecule has 1 aromatic carbocycles. The lowest BCUT2D eigenvalue weighted by molar-refractivity contribution is 0.150. The number of benzene rings is 1. The number of ether oxygens (including phenoxy) is 1. The average Bonchev–Trinajstić information content (AvgIpc) is 2.62. The van der Waals surface area contributed by atoms with E-state index in [1.165, 1.54) is 6.07 Å². The van der Waals surface area contributed by atoms with Crippen LogP contribution in [0.1, 0.15) is 5.56 Å². The zero-order chi connectivity index (χ0) is 9.54. The van der Waals surface area contributed by atoms with E-state index in [2.05, 4.69) is 5.32 Å². The zero-order valence-electron chi connectivity index (χ0n) is 8.20. The van der Waals surface area contributed by atoms with Gasteiger partial charge >= 0.3 is 0 Å². The second-order valence-electron chi connectivity index (χ2n) is 4.00. The summed E-state index contributed by atoms with van der Waals surface area (Å²) in [4.78, 5) is 0. The fourth-order valence-electron chi connectivity index (χ4n) is 2.32. The van der Waals surface area contributed by atoms with Crippen molar-refractivity contribution in [2.24, 2.45) is 5.92 Å². The molecule has 0 aliphatic carbocycles. The Hall–Kier alpha value is -0.800. The summed E-state index contributed by atoms with van der Waals surface area (Å²) < 4.78 is 19.2. The predicted octanol–water partition coefficient (Wildman–Crippen LogP) is 1.77. The van der Waals surface area contributed by atoms with Gasteiger partial charge in [0.05, 0.1) is 0 Å². The van der Waals surface area contributed by atoms with Crippen molar-refractivity contribution in [3.05, 3.63) is 29.6 Å². The molecule has 0 saturated carbocycles. The van der Waals surface area contributed by atoms with Gasteiger partial charge in [0, 0.05) is 24.6 Å². The van der Waals surface area contributed by atoms with Crippen LogP contribution in [-0.2, 0) is 6.42 Å². The molecule has 0 radical (unpaired) electrons. The minimum atomic E-state index is -0.132. The lowest BCUT2D eigenvalue weighted by Gasteiger charge is -2.28. The molecule has 2 aliphatic rings. The third kappa shape index (κ3) is 1.70. The average molecular weight is 230 g/mol. The lowest BCUT2D eigenvalue weighted by atomic mass is 9.93. The fourth-order valence-corrected chi connectivity index (χ4v) is 2.32. The van der Waals surface area contributed by atoms with Gasteiger partial charge in [0.1, 0.15) is 17.7 Å². The van der Waals surface area contributed by atoms with E-state index in [4.69, 9.17) is 4.74 Å². The monoisotopic (exact) mass is 229 g/mol. The molecular weight excluding hydrogens is 217 g/mol. The lowest BCUT2D eigenvalue weighted by Crippen LogP contribution is -2.32. The van der Waals surface area contributed by atoms with Crippen molar-refractivity contribution in [3.63, 3.8) is 0 Å². The molecule has 2 atom stereocenters. The highest BCUT2D eigenvalue weighted by atomic mass is 35.5. The van der Waals surface area contributed by atoms with Crippen LogP contribution in [0, 0.1) is 11.7 Å². The molecule has 0 bridgehead atoms. The van der Waals surface area contributed by atoms with Gasteiger partial charge in [0.2, 0.25) is 0 Å². The van der Waals surface area contributed by atoms with Gasteiger partial charge in [0.15, 0.2) is 0 Å². The third-order valence-corrected chi connectivity index (χ3v) is 3.10. The number of nitrogens with one attached hydrogen (secondary N) is 1. The van der Waals surface area contributed by atoms with Gasteiger partial charge in [0.25, 0.3) is 0 Å². The van der Waals surface area contributed by atoms with Crippen LogP contribution in [0.3, 0.4) is 0 Å². The van der Waals surface area contributed by atoms with Crippen LogP contribution in [0.4, 0.5) is 4.39 Å². The first kappa shape index (κ1) is 10.7. The van der Waals surface area contributed by atoms with Crippen LogP contribution in [0.5, 0.6) is 5.75 Å². The Labute approximate surface area is 94.2 Å². The molecule has 1 N–H and O–H groups in total. The summed E-state index contributed by atoms with van der Waals surface area (Å²) in [5, 5.41) is 3.27. The Balaban J connectivity index is 0.000000853. The maximum atomic E-state index is 13.4. The topological polar surface area (TPSA) is 21.3 Å². The Bertz CT molecular complexity index is 372. The van der Waals surface area contributed by atoms with Crippen molar-refractivity contribution >= 4 is 12.4 Å². The van der Waals surface area contributed by atoms with Crippen LogP contribution in [0.2, 0.25) is 0 Å². The van der Waals surface area contributed by atoms with E-state index in [9.17, 15) is 4.39 Å². The van der Waals surface area contributed by atoms with E-state index in [1.807, 2.05) is 6.07 Å². The highest BCUT2D eigenvalue weighted by Crippen LogP contribution is 2.33. The minimum absolute atomic E-state index is 0. The molecule has 2 nitrogen and oxygen atoms in total. The molecule has 82 valence electrons. The zero-order valence-corrected chi connectivity index (χ0v) is 9.02. The van der Waals surface area contributed by atoms with Crippen LogP contribution < -0.4 is 10.1 Å². The molecular formula is C11H13ClFNO. The first-order valence-corrected chi connectivity index (χ1v) is 4.99. The van der Waals surface area contributed by atoms with Crippen LogP contribution in [0.15, 0.2) is 18.2 Å². The number of hydrogen-bond acceptors (Lipinski definition) is 2. The molecule has 15 heavy (non-hydrogen) atoms. The van der Waals surface area contributed by atoms with Crippen molar-refractivity contribution in [2.45, 2.75) is 12.5 Å². The maximum Gasteiger partial charge on any atom is 0.130 e. The van der Waals surface area contributed by atoms with E-state index in [1.54, 1.807) is 6.07 Å². The number of halogens is 2. The maximum absolute atomic E-state index is 13.4. The molecule has 0 unspecified atom stereocenters. The van der Waals surface area contributed by atoms with Gasteiger partial charge in [-0.2, -0.15) is 0 Å². The Morgan fingerprint density at radius 2 is 2.20 bits per heavy atom. The minimum Gasteiger partial charge on any atom is -0.488 e. The predicted molar refractivity (Wildman–Crippen MR) is 58.1 cm³/mol. The quantitative estimate of drug-likeness (QED) is 0.732. The van der Waals surface area contributed by atoms with Crippen molar-refractivity contribution in [2.75, 3.05) is 13.1 Å². The van der Waals surface area contributed by atoms with Gasteiger partial charge in [-0.25, -0.2) is 4.39 Å². The van der Waals surface area contributed by atoms with E-state index in [-0.39, 0.29) is 24.3 Å². The van der Waals surface area contributed by atoms with Crippen molar-refractivity contribution in [1.82, 2.24) is 5.32 Å². The van der Waals surface area contributed by atoms with E-state index in [0.29, 0.717) is 5.92 Å². The summed E-state index contributed by atoms with van der Waals surface area (Å²) in [6.45, 7) is 1.83. The summed E-state index contributed by atoms with van der Waals surface area (Å²) in [5.41, 5.74) is 0.748. The van der Waals surface area contributed by atoms with Crippen LogP contribution >= 0.6 is 12.4 Å². The number of hydrogen-bond donors (Lipinski definition) is 1. The van der Waals surface area contributed by atoms with Gasteiger partial charge in [-0.05, 0) is 18.6 Å². The third-order valence-electron chi connectivity index (χ3n) is 3.10. The second kappa shape index (κ2) is 3.99. The largest absolute Gasteiger partial charge is 0.488 e. The molecule has 0 spiro atoms. The summed E-state index contributed by atoms with van der Waals surface area (Å²) in [6, 6.07) is 5.06. The number of fused-ring (bicyclic) bond motifs is 2. The van der Waals surface area contributed by atoms with Crippen LogP contribution in [-0.4, -0.2) is 19.2 Å². The standard InChI is InChI=1S/C11H12FNO.ClH/c12-9-2-1-3-10-8(9)4-7-5-13-6-11(7)14-10;/h1-3,7,11,13H,4-6H2;1H/t7-,11-;/m0./s1. The smallest absolute Gasteiger partial charge is 0.130 e. The number of rotatable bonds is 0. The SMILES string of the molecule is Cl.Fc1cccc2c1C[C@H]1CNC[C@@H]1O2. The molecule has 1 fully saturated rings. The molecule has 1 aromatic rings. The Morgan fingerprint density at radius 1 is 1.33 bits per heavy atom. The molecule has 1 saturated heterocycles. The van der Waals surface area contributed by atoms with E-state index in [0.717, 1.165) is 30.8 Å². The van der Waals surface area contributed by atoms with Gasteiger partial charge in [-0.1, -0.05) is 6.07 Å². The van der Waals surface area contributed by atoms with Crippen molar-refractivity contribution in [3.8, 4) is 5.75 Å². The normalized spacial score (nSPS) is 27.3. The Morgan fingerprint density at radius 3 is 3.07 bits per heavy atom. The van der Waals surface area contributed by atoms with Crippen molar-refractivity contribution < 1.29 is 9.13 Å². The molecule has 2 heterocycles. The fraction of sp³-hybridized carbons (Fsp3) is 0.455. The summed E-state index contributed by atoms with van der Waals surface area (Å²) in [5.74, 6) is 1.04. The first-order chi connectivity index (χ1) is 6.84. The summed E-state index contributed by atoms with van der Waals surface area (Å²) >= 11 is 0. The van der Waals surface area contributed by atoms with Gasteiger partial charge < -0.3 is 10.1 Å².